The Hall–Kier alpha value is -3.64. The number of aliphatic hydroxyl groups is 1. The molecule has 0 bridgehead atoms. The van der Waals surface area contributed by atoms with Gasteiger partial charge in [-0.25, -0.2) is 0 Å². The molecular weight excluding hydrogens is 444 g/mol. The Morgan fingerprint density at radius 1 is 0.714 bits per heavy atom. The summed E-state index contributed by atoms with van der Waals surface area (Å²) in [4.78, 5) is 23.3. The highest BCUT2D eigenvalue weighted by atomic mass is 16.6. The van der Waals surface area contributed by atoms with Crippen molar-refractivity contribution < 1.29 is 28.9 Å². The minimum absolute atomic E-state index is 0.391. The van der Waals surface area contributed by atoms with E-state index in [-0.39, 0.29) is 0 Å². The molecule has 0 heterocycles. The van der Waals surface area contributed by atoms with Gasteiger partial charge in [-0.05, 0) is 62.1 Å². The van der Waals surface area contributed by atoms with E-state index in [1.54, 1.807) is 19.1 Å². The number of carbonyl (C=O) groups excluding carboxylic acids is 2. The number of benzene rings is 3. The first-order valence-corrected chi connectivity index (χ1v) is 11.5. The average molecular weight is 477 g/mol. The zero-order valence-electron chi connectivity index (χ0n) is 21.1. The smallest absolute Gasteiger partial charge is 0.308 e. The molecule has 0 aliphatic heterocycles. The summed E-state index contributed by atoms with van der Waals surface area (Å²) in [6, 6.07) is 15.3. The largest absolute Gasteiger partial charge is 0.465 e. The molecule has 0 radical (unpaired) electrons. The third-order valence-corrected chi connectivity index (χ3v) is 5.38. The topological polar surface area (TPSA) is 82.1 Å². The Bertz CT molecular complexity index is 1150. The van der Waals surface area contributed by atoms with Crippen LogP contribution >= 0.6 is 0 Å². The standard InChI is InChI=1S/C29H32O6/c1-17-7-9-27(33-20(4)30)23(11-17)15-25-13-19(3)14-26(29(25)35-22(6)32)16-24-12-18(2)8-10-28(24)34-21(5)31/h7-14,22,32H,15-16H2,1-6H3. The van der Waals surface area contributed by atoms with Gasteiger partial charge in [-0.15, -0.1) is 0 Å². The molecule has 0 spiro atoms. The number of esters is 2. The number of hydrogen-bond donors (Lipinski definition) is 1. The second-order valence-corrected chi connectivity index (χ2v) is 8.89. The van der Waals surface area contributed by atoms with Crippen LogP contribution in [-0.2, 0) is 22.4 Å². The molecule has 0 amide bonds. The van der Waals surface area contributed by atoms with Crippen LogP contribution < -0.4 is 14.2 Å². The van der Waals surface area contributed by atoms with Gasteiger partial charge in [0.25, 0.3) is 0 Å². The lowest BCUT2D eigenvalue weighted by molar-refractivity contribution is -0.132. The Morgan fingerprint density at radius 2 is 1.11 bits per heavy atom. The van der Waals surface area contributed by atoms with Gasteiger partial charge in [-0.2, -0.15) is 0 Å². The minimum Gasteiger partial charge on any atom is -0.465 e. The van der Waals surface area contributed by atoms with Crippen molar-refractivity contribution in [1.29, 1.82) is 0 Å². The molecule has 3 aromatic rings. The summed E-state index contributed by atoms with van der Waals surface area (Å²) in [5.41, 5.74) is 6.45. The van der Waals surface area contributed by atoms with E-state index in [9.17, 15) is 14.7 Å². The third-order valence-electron chi connectivity index (χ3n) is 5.38. The van der Waals surface area contributed by atoms with Crippen molar-refractivity contribution in [3.05, 3.63) is 87.5 Å². The van der Waals surface area contributed by atoms with Gasteiger partial charge in [-0.1, -0.05) is 53.1 Å². The second-order valence-electron chi connectivity index (χ2n) is 8.89. The number of carbonyl (C=O) groups is 2. The average Bonchev–Trinajstić information content (AvgIpc) is 2.73. The highest BCUT2D eigenvalue weighted by Crippen LogP contribution is 2.35. The maximum atomic E-state index is 11.6. The normalized spacial score (nSPS) is 11.6. The minimum atomic E-state index is -1.04. The molecule has 0 aliphatic rings. The zero-order chi connectivity index (χ0) is 25.7. The van der Waals surface area contributed by atoms with Crippen LogP contribution in [0.1, 0.15) is 59.7 Å². The molecule has 6 nitrogen and oxygen atoms in total. The SMILES string of the molecule is CC(=O)Oc1ccc(C)cc1Cc1cc(C)cc(Cc2cc(C)ccc2OC(C)=O)c1OC(C)O. The highest BCUT2D eigenvalue weighted by molar-refractivity contribution is 5.70. The van der Waals surface area contributed by atoms with Crippen molar-refractivity contribution in [2.75, 3.05) is 0 Å². The molecule has 1 atom stereocenters. The summed E-state index contributed by atoms with van der Waals surface area (Å²) in [6.07, 6.45) is -0.164. The fraction of sp³-hybridized carbons (Fsp3) is 0.310. The summed E-state index contributed by atoms with van der Waals surface area (Å²) in [5, 5.41) is 10.1. The third kappa shape index (κ3) is 7.17. The Kier molecular flexibility index (Phi) is 8.30. The first kappa shape index (κ1) is 26.0. The molecule has 0 aliphatic carbocycles. The Balaban J connectivity index is 2.11. The number of hydrogen-bond acceptors (Lipinski definition) is 6. The molecule has 6 heteroatoms. The van der Waals surface area contributed by atoms with Crippen LogP contribution in [0.15, 0.2) is 48.5 Å². The van der Waals surface area contributed by atoms with Gasteiger partial charge in [0, 0.05) is 26.7 Å². The van der Waals surface area contributed by atoms with E-state index in [4.69, 9.17) is 14.2 Å². The van der Waals surface area contributed by atoms with Crippen LogP contribution in [0.4, 0.5) is 0 Å². The molecule has 0 aromatic heterocycles. The second kappa shape index (κ2) is 11.2. The molecule has 0 saturated heterocycles. The predicted molar refractivity (Wildman–Crippen MR) is 134 cm³/mol. The van der Waals surface area contributed by atoms with Crippen molar-refractivity contribution in [3.8, 4) is 17.2 Å². The van der Waals surface area contributed by atoms with E-state index in [0.29, 0.717) is 30.1 Å². The Morgan fingerprint density at radius 3 is 1.49 bits per heavy atom. The molecule has 3 rings (SSSR count). The molecule has 3 aromatic carbocycles. The molecule has 0 saturated carbocycles. The number of aryl methyl sites for hydroxylation is 3. The van der Waals surface area contributed by atoms with Crippen LogP contribution in [0.25, 0.3) is 0 Å². The first-order valence-electron chi connectivity index (χ1n) is 11.5. The van der Waals surface area contributed by atoms with Crippen molar-refractivity contribution in [2.45, 2.75) is 60.7 Å². The van der Waals surface area contributed by atoms with E-state index >= 15 is 0 Å². The molecular formula is C29H32O6. The van der Waals surface area contributed by atoms with Gasteiger partial charge >= 0.3 is 11.9 Å². The van der Waals surface area contributed by atoms with Gasteiger partial charge in [0.05, 0.1) is 0 Å². The Labute approximate surface area is 206 Å². The lowest BCUT2D eigenvalue weighted by Gasteiger charge is -2.20. The monoisotopic (exact) mass is 476 g/mol. The van der Waals surface area contributed by atoms with Crippen LogP contribution in [0.5, 0.6) is 17.2 Å². The van der Waals surface area contributed by atoms with Crippen molar-refractivity contribution >= 4 is 11.9 Å². The van der Waals surface area contributed by atoms with E-state index in [0.717, 1.165) is 38.9 Å². The van der Waals surface area contributed by atoms with Gasteiger partial charge in [0.1, 0.15) is 17.2 Å². The van der Waals surface area contributed by atoms with Crippen molar-refractivity contribution in [2.24, 2.45) is 0 Å². The van der Waals surface area contributed by atoms with Gasteiger partial charge in [-0.3, -0.25) is 9.59 Å². The molecule has 184 valence electrons. The van der Waals surface area contributed by atoms with Gasteiger partial charge in [0.2, 0.25) is 0 Å². The molecule has 35 heavy (non-hydrogen) atoms. The highest BCUT2D eigenvalue weighted by Gasteiger charge is 2.19. The lowest BCUT2D eigenvalue weighted by atomic mass is 9.93. The van der Waals surface area contributed by atoms with E-state index in [1.165, 1.54) is 13.8 Å². The number of ether oxygens (including phenoxy) is 3. The number of rotatable bonds is 8. The molecule has 1 N–H and O–H groups in total. The van der Waals surface area contributed by atoms with Crippen LogP contribution in [-0.4, -0.2) is 23.3 Å². The van der Waals surface area contributed by atoms with Crippen LogP contribution in [0, 0.1) is 20.8 Å². The fourth-order valence-corrected chi connectivity index (χ4v) is 4.13. The first-order chi connectivity index (χ1) is 16.5. The van der Waals surface area contributed by atoms with Crippen LogP contribution in [0.2, 0.25) is 0 Å². The van der Waals surface area contributed by atoms with Crippen molar-refractivity contribution in [1.82, 2.24) is 0 Å². The van der Waals surface area contributed by atoms with Gasteiger partial charge in [0.15, 0.2) is 6.29 Å². The predicted octanol–water partition coefficient (Wildman–Crippen LogP) is 5.36. The summed E-state index contributed by atoms with van der Waals surface area (Å²) in [7, 11) is 0. The quantitative estimate of drug-likeness (QED) is 0.268. The molecule has 0 fully saturated rings. The fourth-order valence-electron chi connectivity index (χ4n) is 4.13. The summed E-state index contributed by atoms with van der Waals surface area (Å²) >= 11 is 0. The maximum Gasteiger partial charge on any atom is 0.308 e. The number of aliphatic hydroxyl groups excluding tert-OH is 1. The summed E-state index contributed by atoms with van der Waals surface area (Å²) in [5.74, 6) is 0.752. The molecule has 1 unspecified atom stereocenters. The maximum absolute atomic E-state index is 11.6. The van der Waals surface area contributed by atoms with Gasteiger partial charge < -0.3 is 19.3 Å². The van der Waals surface area contributed by atoms with E-state index < -0.39 is 18.2 Å². The lowest BCUT2D eigenvalue weighted by Crippen LogP contribution is -2.14. The zero-order valence-corrected chi connectivity index (χ0v) is 21.1. The summed E-state index contributed by atoms with van der Waals surface area (Å²) < 4.78 is 16.8. The summed E-state index contributed by atoms with van der Waals surface area (Å²) in [6.45, 7) is 10.2. The van der Waals surface area contributed by atoms with E-state index in [1.807, 2.05) is 57.2 Å². The van der Waals surface area contributed by atoms with Crippen molar-refractivity contribution in [3.63, 3.8) is 0 Å². The van der Waals surface area contributed by atoms with E-state index in [2.05, 4.69) is 0 Å². The van der Waals surface area contributed by atoms with Crippen LogP contribution in [0.3, 0.4) is 0 Å².